The Morgan fingerprint density at radius 1 is 1.29 bits per heavy atom. The Bertz CT molecular complexity index is 391. The van der Waals surface area contributed by atoms with Crippen LogP contribution >= 0.6 is 34.5 Å². The van der Waals surface area contributed by atoms with Gasteiger partial charge < -0.3 is 5.73 Å². The Labute approximate surface area is 117 Å². The Kier molecular flexibility index (Phi) is 4.40. The highest BCUT2D eigenvalue weighted by Gasteiger charge is 2.30. The summed E-state index contributed by atoms with van der Waals surface area (Å²) in [7, 11) is 0. The molecular weight excluding hydrogens is 273 g/mol. The Morgan fingerprint density at radius 2 is 2.00 bits per heavy atom. The van der Waals surface area contributed by atoms with Gasteiger partial charge in [-0.1, -0.05) is 43.5 Å². The fourth-order valence-electron chi connectivity index (χ4n) is 2.75. The van der Waals surface area contributed by atoms with Crippen LogP contribution in [-0.2, 0) is 0 Å². The number of rotatable bonds is 2. The zero-order valence-electron chi connectivity index (χ0n) is 10.2. The molecule has 0 saturated heterocycles. The highest BCUT2D eigenvalue weighted by molar-refractivity contribution is 7.20. The molecule has 1 nitrogen and oxygen atoms in total. The van der Waals surface area contributed by atoms with E-state index in [1.807, 2.05) is 6.07 Å². The van der Waals surface area contributed by atoms with E-state index in [9.17, 15) is 0 Å². The number of hydrogen-bond donors (Lipinski definition) is 1. The molecule has 96 valence electrons. The van der Waals surface area contributed by atoms with Crippen LogP contribution in [0.2, 0.25) is 8.67 Å². The van der Waals surface area contributed by atoms with Crippen molar-refractivity contribution in [1.29, 1.82) is 0 Å². The normalized spacial score (nSPS) is 31.5. The van der Waals surface area contributed by atoms with Crippen molar-refractivity contribution >= 4 is 34.5 Å². The number of halogens is 2. The molecule has 1 saturated carbocycles. The van der Waals surface area contributed by atoms with E-state index in [0.29, 0.717) is 5.92 Å². The molecule has 4 atom stereocenters. The lowest BCUT2D eigenvalue weighted by molar-refractivity contribution is 0.186. The lowest BCUT2D eigenvalue weighted by atomic mass is 9.72. The Morgan fingerprint density at radius 3 is 2.53 bits per heavy atom. The van der Waals surface area contributed by atoms with Gasteiger partial charge in [-0.15, -0.1) is 11.3 Å². The van der Waals surface area contributed by atoms with Gasteiger partial charge in [0.25, 0.3) is 0 Å². The van der Waals surface area contributed by atoms with E-state index in [0.717, 1.165) is 26.1 Å². The van der Waals surface area contributed by atoms with Crippen molar-refractivity contribution < 1.29 is 0 Å². The summed E-state index contributed by atoms with van der Waals surface area (Å²) in [5.41, 5.74) is 7.39. The molecule has 0 radical (unpaired) electrons. The average molecular weight is 292 g/mol. The molecular formula is C13H19Cl2NS. The molecule has 17 heavy (non-hydrogen) atoms. The lowest BCUT2D eigenvalue weighted by Crippen LogP contribution is -2.29. The van der Waals surface area contributed by atoms with E-state index in [-0.39, 0.29) is 6.04 Å². The molecule has 1 fully saturated rings. The summed E-state index contributed by atoms with van der Waals surface area (Å²) >= 11 is 13.6. The maximum absolute atomic E-state index is 6.36. The first-order chi connectivity index (χ1) is 7.99. The third kappa shape index (κ3) is 2.98. The van der Waals surface area contributed by atoms with Crippen LogP contribution < -0.4 is 5.73 Å². The summed E-state index contributed by atoms with van der Waals surface area (Å²) in [6.45, 7) is 4.66. The highest BCUT2D eigenvalue weighted by Crippen LogP contribution is 2.43. The molecule has 1 aliphatic carbocycles. The van der Waals surface area contributed by atoms with Crippen molar-refractivity contribution in [3.8, 4) is 0 Å². The van der Waals surface area contributed by atoms with Crippen molar-refractivity contribution in [1.82, 2.24) is 0 Å². The molecule has 0 bridgehead atoms. The fourth-order valence-corrected chi connectivity index (χ4v) is 4.32. The summed E-state index contributed by atoms with van der Waals surface area (Å²) in [5, 5.41) is 0. The summed E-state index contributed by atoms with van der Waals surface area (Å²) in [6.07, 6.45) is 3.68. The molecule has 1 aliphatic rings. The molecule has 1 heterocycles. The van der Waals surface area contributed by atoms with Gasteiger partial charge in [0.1, 0.15) is 0 Å². The van der Waals surface area contributed by atoms with Gasteiger partial charge >= 0.3 is 0 Å². The molecule has 1 aromatic rings. The fraction of sp³-hybridized carbons (Fsp3) is 0.692. The van der Waals surface area contributed by atoms with Crippen LogP contribution in [0.1, 0.15) is 44.7 Å². The molecule has 2 N–H and O–H groups in total. The van der Waals surface area contributed by atoms with Crippen LogP contribution in [0.3, 0.4) is 0 Å². The summed E-state index contributed by atoms with van der Waals surface area (Å²) in [4.78, 5) is 0. The van der Waals surface area contributed by atoms with Gasteiger partial charge in [-0.3, -0.25) is 0 Å². The standard InChI is InChI=1S/C13H19Cl2NS/c1-7-3-4-9(5-8(7)2)12(16)10-6-11(14)17-13(10)15/h6-9,12H,3-5,16H2,1-2H3. The van der Waals surface area contributed by atoms with Crippen LogP contribution in [0.5, 0.6) is 0 Å². The minimum absolute atomic E-state index is 0.0428. The first-order valence-electron chi connectivity index (χ1n) is 6.19. The minimum Gasteiger partial charge on any atom is -0.324 e. The molecule has 4 heteroatoms. The number of hydrogen-bond acceptors (Lipinski definition) is 2. The zero-order valence-corrected chi connectivity index (χ0v) is 12.6. The maximum atomic E-state index is 6.36. The quantitative estimate of drug-likeness (QED) is 0.803. The molecule has 4 unspecified atom stereocenters. The van der Waals surface area contributed by atoms with Crippen molar-refractivity contribution in [2.24, 2.45) is 23.5 Å². The second kappa shape index (κ2) is 5.48. The van der Waals surface area contributed by atoms with Crippen molar-refractivity contribution in [3.05, 3.63) is 20.3 Å². The molecule has 0 amide bonds. The molecule has 0 aromatic carbocycles. The van der Waals surface area contributed by atoms with Gasteiger partial charge in [0.15, 0.2) is 0 Å². The van der Waals surface area contributed by atoms with Gasteiger partial charge in [0.2, 0.25) is 0 Å². The summed E-state index contributed by atoms with van der Waals surface area (Å²) < 4.78 is 1.49. The number of nitrogens with two attached hydrogens (primary N) is 1. The van der Waals surface area contributed by atoms with Gasteiger partial charge in [-0.25, -0.2) is 0 Å². The topological polar surface area (TPSA) is 26.0 Å². The first-order valence-corrected chi connectivity index (χ1v) is 7.76. The maximum Gasteiger partial charge on any atom is 0.0991 e. The van der Waals surface area contributed by atoms with E-state index >= 15 is 0 Å². The SMILES string of the molecule is CC1CCC(C(N)c2cc(Cl)sc2Cl)CC1C. The predicted molar refractivity (Wildman–Crippen MR) is 76.9 cm³/mol. The Balaban J connectivity index is 2.10. The number of thiophene rings is 1. The van der Waals surface area contributed by atoms with Crippen LogP contribution in [0.25, 0.3) is 0 Å². The van der Waals surface area contributed by atoms with Crippen LogP contribution in [0, 0.1) is 17.8 Å². The predicted octanol–water partition coefficient (Wildman–Crippen LogP) is 5.13. The zero-order chi connectivity index (χ0) is 12.6. The van der Waals surface area contributed by atoms with Crippen molar-refractivity contribution in [2.45, 2.75) is 39.2 Å². The second-order valence-electron chi connectivity index (χ2n) is 5.33. The van der Waals surface area contributed by atoms with E-state index in [2.05, 4.69) is 13.8 Å². The Hall–Kier alpha value is 0.240. The third-order valence-corrected chi connectivity index (χ3v) is 5.71. The van der Waals surface area contributed by atoms with Gasteiger partial charge in [0.05, 0.1) is 8.67 Å². The molecule has 1 aromatic heterocycles. The average Bonchev–Trinajstić information content (AvgIpc) is 2.61. The molecule has 0 aliphatic heterocycles. The second-order valence-corrected chi connectivity index (χ2v) is 7.62. The molecule has 0 spiro atoms. The third-order valence-electron chi connectivity index (χ3n) is 4.19. The minimum atomic E-state index is 0.0428. The first kappa shape index (κ1) is 13.7. The van der Waals surface area contributed by atoms with Crippen molar-refractivity contribution in [2.75, 3.05) is 0 Å². The molecule has 2 rings (SSSR count). The summed E-state index contributed by atoms with van der Waals surface area (Å²) in [6, 6.07) is 1.98. The van der Waals surface area contributed by atoms with E-state index < -0.39 is 0 Å². The highest BCUT2D eigenvalue weighted by atomic mass is 35.5. The smallest absolute Gasteiger partial charge is 0.0991 e. The van der Waals surface area contributed by atoms with Crippen molar-refractivity contribution in [3.63, 3.8) is 0 Å². The van der Waals surface area contributed by atoms with Crippen LogP contribution in [0.4, 0.5) is 0 Å². The van der Waals surface area contributed by atoms with E-state index in [1.54, 1.807) is 0 Å². The van der Waals surface area contributed by atoms with Gasteiger partial charge in [0, 0.05) is 11.6 Å². The van der Waals surface area contributed by atoms with Gasteiger partial charge in [-0.05, 0) is 36.7 Å². The van der Waals surface area contributed by atoms with E-state index in [4.69, 9.17) is 28.9 Å². The van der Waals surface area contributed by atoms with Crippen LogP contribution in [0.15, 0.2) is 6.07 Å². The van der Waals surface area contributed by atoms with Gasteiger partial charge in [-0.2, -0.15) is 0 Å². The summed E-state index contributed by atoms with van der Waals surface area (Å²) in [5.74, 6) is 2.12. The lowest BCUT2D eigenvalue weighted by Gasteiger charge is -2.35. The largest absolute Gasteiger partial charge is 0.324 e. The monoisotopic (exact) mass is 291 g/mol. The van der Waals surface area contributed by atoms with Crippen LogP contribution in [-0.4, -0.2) is 0 Å². The van der Waals surface area contributed by atoms with E-state index in [1.165, 1.54) is 30.6 Å².